The lowest BCUT2D eigenvalue weighted by Gasteiger charge is -2.29. The molecule has 0 atom stereocenters. The molecule has 0 saturated heterocycles. The molecule has 434 valence electrons. The van der Waals surface area contributed by atoms with Crippen LogP contribution >= 0.6 is 0 Å². The van der Waals surface area contributed by atoms with Crippen LogP contribution in [-0.2, 0) is 24.7 Å². The van der Waals surface area contributed by atoms with Gasteiger partial charge in [-0.2, -0.15) is 79.0 Å². The van der Waals surface area contributed by atoms with Gasteiger partial charge in [0.05, 0.1) is 70.5 Å². The van der Waals surface area contributed by atoms with Crippen LogP contribution in [0.4, 0.5) is 79.0 Å². The van der Waals surface area contributed by atoms with Crippen LogP contribution in [0.3, 0.4) is 0 Å². The van der Waals surface area contributed by atoms with Crippen LogP contribution in [0.25, 0.3) is 33.4 Å². The van der Waals surface area contributed by atoms with Crippen LogP contribution in [0.2, 0.25) is 0 Å². The van der Waals surface area contributed by atoms with Gasteiger partial charge in [-0.3, -0.25) is 0 Å². The summed E-state index contributed by atoms with van der Waals surface area (Å²) in [5.41, 5.74) is -0.700. The molecule has 0 bridgehead atoms. The zero-order valence-electron chi connectivity index (χ0n) is 44.0. The molecule has 6 aromatic rings. The first-order valence-corrected chi connectivity index (χ1v) is 22.6. The molecule has 6 rings (SSSR count). The minimum absolute atomic E-state index is 0.104. The van der Waals surface area contributed by atoms with Crippen molar-refractivity contribution in [2.45, 2.75) is 78.6 Å². The fraction of sp³-hybridized carbons (Fsp3) is 0.345. The summed E-state index contributed by atoms with van der Waals surface area (Å²) in [6.45, 7) is 7.51. The normalized spacial score (nSPS) is 12.2. The fourth-order valence-corrected chi connectivity index (χ4v) is 7.34. The average Bonchev–Trinajstić information content (AvgIpc) is 3.33. The molecule has 0 aliphatic rings. The van der Waals surface area contributed by atoms with E-state index in [1.54, 1.807) is 44.2 Å². The van der Waals surface area contributed by atoms with Gasteiger partial charge in [0, 0.05) is 0 Å². The lowest BCUT2D eigenvalue weighted by atomic mass is 9.92. The van der Waals surface area contributed by atoms with E-state index in [4.69, 9.17) is 18.9 Å². The molecule has 0 radical (unpaired) electrons. The molecule has 6 aromatic carbocycles. The van der Waals surface area contributed by atoms with Gasteiger partial charge in [0.15, 0.2) is 5.41 Å². The molecule has 0 aliphatic carbocycles. The maximum absolute atomic E-state index is 13.3. The number of aryl methyl sites for hydroxylation is 4. The second kappa shape index (κ2) is 25.3. The Bertz CT molecular complexity index is 2910. The standard InChI is InChI=1S/C24H23F3O2.C16H15F3O2.C10H8F6O2.C5H6F6/c1-14-6-15(2)8-17(7-14)18-12-21(28-4)23(22(13-18)29-5)19-9-16(3)10-20(11-19)24(25,26)27;1-10-7-11(9-12(8-10)16(17,18)19)15-13(20-2)5-4-6-14(15)21-3;1-17-6-3-5(9(11,12)13)4-7(18-2)8(6)10(14,15)16;1-3(2,4(6,7)8)5(9,10)11/h6-13H,1-5H3;4-9H,1-3H3;3-4H,1-2H3;1-2H3. The van der Waals surface area contributed by atoms with Crippen molar-refractivity contribution in [3.8, 4) is 67.9 Å². The molecule has 79 heavy (non-hydrogen) atoms. The predicted octanol–water partition coefficient (Wildman–Crippen LogP) is 18.6. The molecule has 0 aliphatic heterocycles. The number of rotatable bonds is 9. The second-order valence-electron chi connectivity index (χ2n) is 17.7. The molecule has 0 aromatic heterocycles. The number of hydrogen-bond acceptors (Lipinski definition) is 6. The molecule has 0 spiro atoms. The smallest absolute Gasteiger partial charge is 0.423 e. The molecule has 0 fully saturated rings. The number of hydrogen-bond donors (Lipinski definition) is 0. The van der Waals surface area contributed by atoms with Crippen LogP contribution in [0.1, 0.15) is 58.4 Å². The molecule has 0 saturated carbocycles. The summed E-state index contributed by atoms with van der Waals surface area (Å²) in [7, 11) is 7.65. The number of methoxy groups -OCH3 is 6. The molecule has 24 heteroatoms. The topological polar surface area (TPSA) is 55.4 Å². The van der Waals surface area contributed by atoms with Crippen molar-refractivity contribution in [1.29, 1.82) is 0 Å². The quantitative estimate of drug-likeness (QED) is 0.135. The predicted molar refractivity (Wildman–Crippen MR) is 260 cm³/mol. The third-order valence-corrected chi connectivity index (χ3v) is 11.4. The largest absolute Gasteiger partial charge is 0.496 e. The van der Waals surface area contributed by atoms with Gasteiger partial charge in [-0.15, -0.1) is 0 Å². The maximum Gasteiger partial charge on any atom is 0.423 e. The van der Waals surface area contributed by atoms with E-state index in [1.165, 1.54) is 28.4 Å². The highest BCUT2D eigenvalue weighted by Gasteiger charge is 2.64. The van der Waals surface area contributed by atoms with Gasteiger partial charge in [-0.05, 0) is 136 Å². The Morgan fingerprint density at radius 1 is 0.291 bits per heavy atom. The number of benzene rings is 6. The minimum atomic E-state index is -5.24. The summed E-state index contributed by atoms with van der Waals surface area (Å²) in [6.07, 6.45) is -29.0. The lowest BCUT2D eigenvalue weighted by molar-refractivity contribution is -0.327. The SMILES string of the molecule is CC(C)(C(F)(F)F)C(F)(F)F.COc1cc(-c2cc(C)cc(C)c2)cc(OC)c1-c1cc(C)cc(C(F)(F)F)c1.COc1cc(C(F)(F)F)cc(OC)c1C(F)(F)F.COc1cccc(OC)c1-c1cc(C)cc(C(F)(F)F)c1. The van der Waals surface area contributed by atoms with Gasteiger partial charge in [0.2, 0.25) is 0 Å². The van der Waals surface area contributed by atoms with E-state index in [0.29, 0.717) is 56.4 Å². The summed E-state index contributed by atoms with van der Waals surface area (Å²) in [6, 6.07) is 23.4. The van der Waals surface area contributed by atoms with Crippen molar-refractivity contribution in [3.63, 3.8) is 0 Å². The molecule has 6 nitrogen and oxygen atoms in total. The van der Waals surface area contributed by atoms with Crippen molar-refractivity contribution < 1.29 is 107 Å². The molecular formula is C55H52F18O6. The first-order chi connectivity index (χ1) is 36.1. The van der Waals surface area contributed by atoms with E-state index in [2.05, 4.69) is 27.7 Å². The van der Waals surface area contributed by atoms with Gasteiger partial charge in [-0.1, -0.05) is 47.5 Å². The third-order valence-electron chi connectivity index (χ3n) is 11.4. The first kappa shape index (κ1) is 66.1. The third kappa shape index (κ3) is 16.9. The molecule has 0 amide bonds. The maximum atomic E-state index is 13.3. The van der Waals surface area contributed by atoms with E-state index in [-0.39, 0.29) is 26.0 Å². The molecule has 0 unspecified atom stereocenters. The second-order valence-corrected chi connectivity index (χ2v) is 17.7. The van der Waals surface area contributed by atoms with Crippen molar-refractivity contribution in [2.24, 2.45) is 5.41 Å². The molecule has 0 N–H and O–H groups in total. The van der Waals surface area contributed by atoms with Gasteiger partial charge in [-0.25, -0.2) is 0 Å². The van der Waals surface area contributed by atoms with Crippen molar-refractivity contribution >= 4 is 0 Å². The van der Waals surface area contributed by atoms with Crippen LogP contribution < -0.4 is 28.4 Å². The summed E-state index contributed by atoms with van der Waals surface area (Å²) in [4.78, 5) is 0. The number of ether oxygens (including phenoxy) is 6. The minimum Gasteiger partial charge on any atom is -0.496 e. The highest BCUT2D eigenvalue weighted by molar-refractivity contribution is 5.83. The van der Waals surface area contributed by atoms with Gasteiger partial charge < -0.3 is 28.4 Å². The lowest BCUT2D eigenvalue weighted by Crippen LogP contribution is -2.44. The van der Waals surface area contributed by atoms with Gasteiger partial charge in [0.1, 0.15) is 40.1 Å². The van der Waals surface area contributed by atoms with Crippen molar-refractivity contribution in [2.75, 3.05) is 42.7 Å². The van der Waals surface area contributed by atoms with E-state index in [9.17, 15) is 79.0 Å². The van der Waals surface area contributed by atoms with E-state index in [1.807, 2.05) is 26.0 Å². The van der Waals surface area contributed by atoms with Gasteiger partial charge >= 0.3 is 37.1 Å². The Labute approximate surface area is 442 Å². The first-order valence-electron chi connectivity index (χ1n) is 22.6. The molecular weight excluding hydrogens is 1100 g/mol. The Morgan fingerprint density at radius 3 is 0.848 bits per heavy atom. The Morgan fingerprint density at radius 2 is 0.570 bits per heavy atom. The fourth-order valence-electron chi connectivity index (χ4n) is 7.34. The van der Waals surface area contributed by atoms with Crippen LogP contribution in [-0.4, -0.2) is 55.0 Å². The Hall–Kier alpha value is -7.14. The summed E-state index contributed by atoms with van der Waals surface area (Å²) < 4.78 is 254. The Kier molecular flexibility index (Phi) is 21.2. The monoisotopic (exact) mass is 1150 g/mol. The van der Waals surface area contributed by atoms with Crippen LogP contribution in [0.15, 0.2) is 97.1 Å². The van der Waals surface area contributed by atoms with Gasteiger partial charge in [0.25, 0.3) is 0 Å². The zero-order valence-corrected chi connectivity index (χ0v) is 44.0. The summed E-state index contributed by atoms with van der Waals surface area (Å²) in [5.74, 6) is -0.0287. The zero-order chi connectivity index (χ0) is 60.6. The van der Waals surface area contributed by atoms with E-state index >= 15 is 0 Å². The van der Waals surface area contributed by atoms with E-state index in [0.717, 1.165) is 60.7 Å². The highest BCUT2D eigenvalue weighted by Crippen LogP contribution is 2.50. The number of halogens is 18. The van der Waals surface area contributed by atoms with Crippen molar-refractivity contribution in [1.82, 2.24) is 0 Å². The summed E-state index contributed by atoms with van der Waals surface area (Å²) >= 11 is 0. The summed E-state index contributed by atoms with van der Waals surface area (Å²) in [5, 5.41) is 0. The molecule has 0 heterocycles. The highest BCUT2D eigenvalue weighted by atomic mass is 19.4. The van der Waals surface area contributed by atoms with Crippen LogP contribution in [0.5, 0.6) is 34.5 Å². The van der Waals surface area contributed by atoms with Crippen LogP contribution in [0, 0.1) is 33.1 Å². The number of alkyl halides is 18. The Balaban J connectivity index is 0.000000292. The average molecular weight is 1150 g/mol. The van der Waals surface area contributed by atoms with Crippen molar-refractivity contribution in [3.05, 3.63) is 142 Å². The van der Waals surface area contributed by atoms with E-state index < -0.39 is 76.2 Å².